The van der Waals surface area contributed by atoms with Crippen LogP contribution in [0.4, 0.5) is 0 Å². The van der Waals surface area contributed by atoms with Crippen LogP contribution in [0.1, 0.15) is 33.5 Å². The van der Waals surface area contributed by atoms with Gasteiger partial charge in [0.2, 0.25) is 0 Å². The minimum Gasteiger partial charge on any atom is -0.390 e. The fourth-order valence-electron chi connectivity index (χ4n) is 4.58. The Morgan fingerprint density at radius 3 is 2.69 bits per heavy atom. The maximum absolute atomic E-state index is 12.6. The van der Waals surface area contributed by atoms with Gasteiger partial charge in [-0.2, -0.15) is 0 Å². The number of amides is 1. The standard InChI is InChI=1S/C26H35N3O3/c30-25(20-29-12-10-22-7-1-2-8-24(22)19-29)18-27-26(31)23-9-3-5-21(17-23)6-4-11-28-13-15-32-16-14-28/h1-3,5,7-9,17,25,30H,4,6,10-16,18-20H2,(H,27,31). The van der Waals surface area contributed by atoms with Crippen LogP contribution in [0.5, 0.6) is 0 Å². The third-order valence-electron chi connectivity index (χ3n) is 6.41. The van der Waals surface area contributed by atoms with E-state index in [1.807, 2.05) is 18.2 Å². The van der Waals surface area contributed by atoms with Crippen molar-refractivity contribution in [3.63, 3.8) is 0 Å². The Hall–Kier alpha value is -2.25. The number of hydrogen-bond acceptors (Lipinski definition) is 5. The Labute approximate surface area is 191 Å². The predicted molar refractivity (Wildman–Crippen MR) is 126 cm³/mol. The summed E-state index contributed by atoms with van der Waals surface area (Å²) in [5.74, 6) is -0.122. The molecule has 2 heterocycles. The molecule has 0 radical (unpaired) electrons. The van der Waals surface area contributed by atoms with Gasteiger partial charge in [0.05, 0.1) is 19.3 Å². The van der Waals surface area contributed by atoms with Crippen molar-refractivity contribution in [1.82, 2.24) is 15.1 Å². The molecular formula is C26H35N3O3. The number of carbonyl (C=O) groups excluding carboxylic acids is 1. The summed E-state index contributed by atoms with van der Waals surface area (Å²) in [4.78, 5) is 17.3. The molecule has 6 heteroatoms. The van der Waals surface area contributed by atoms with Gasteiger partial charge in [-0.3, -0.25) is 14.6 Å². The monoisotopic (exact) mass is 437 g/mol. The highest BCUT2D eigenvalue weighted by molar-refractivity contribution is 5.94. The number of morpholine rings is 1. The van der Waals surface area contributed by atoms with E-state index in [2.05, 4.69) is 45.4 Å². The molecule has 1 amide bonds. The van der Waals surface area contributed by atoms with E-state index in [9.17, 15) is 9.90 Å². The molecule has 6 nitrogen and oxygen atoms in total. The number of nitrogens with zero attached hydrogens (tertiary/aromatic N) is 2. The lowest BCUT2D eigenvalue weighted by molar-refractivity contribution is 0.0374. The highest BCUT2D eigenvalue weighted by Crippen LogP contribution is 2.18. The van der Waals surface area contributed by atoms with Gasteiger partial charge in [-0.1, -0.05) is 36.4 Å². The molecule has 4 rings (SSSR count). The summed E-state index contributed by atoms with van der Waals surface area (Å²) >= 11 is 0. The zero-order valence-corrected chi connectivity index (χ0v) is 18.8. The van der Waals surface area contributed by atoms with E-state index in [-0.39, 0.29) is 12.5 Å². The average molecular weight is 438 g/mol. The lowest BCUT2D eigenvalue weighted by Crippen LogP contribution is -2.42. The maximum atomic E-state index is 12.6. The summed E-state index contributed by atoms with van der Waals surface area (Å²) in [6.07, 6.45) is 2.45. The van der Waals surface area contributed by atoms with Crippen molar-refractivity contribution in [2.45, 2.75) is 31.9 Å². The van der Waals surface area contributed by atoms with Crippen LogP contribution in [0.15, 0.2) is 48.5 Å². The van der Waals surface area contributed by atoms with Crippen molar-refractivity contribution in [2.24, 2.45) is 0 Å². The molecular weight excluding hydrogens is 402 g/mol. The van der Waals surface area contributed by atoms with Crippen LogP contribution < -0.4 is 5.32 Å². The van der Waals surface area contributed by atoms with Gasteiger partial charge in [-0.05, 0) is 54.6 Å². The van der Waals surface area contributed by atoms with Crippen LogP contribution in [0.25, 0.3) is 0 Å². The first-order valence-corrected chi connectivity index (χ1v) is 11.8. The van der Waals surface area contributed by atoms with Gasteiger partial charge in [0, 0.05) is 44.8 Å². The second-order valence-corrected chi connectivity index (χ2v) is 8.88. The first-order valence-electron chi connectivity index (χ1n) is 11.8. The molecule has 0 spiro atoms. The highest BCUT2D eigenvalue weighted by Gasteiger charge is 2.19. The maximum Gasteiger partial charge on any atom is 0.251 e. The van der Waals surface area contributed by atoms with E-state index < -0.39 is 6.10 Å². The number of aliphatic hydroxyl groups excluding tert-OH is 1. The van der Waals surface area contributed by atoms with Crippen LogP contribution in [-0.2, 0) is 24.1 Å². The molecule has 2 aromatic rings. The number of aryl methyl sites for hydroxylation is 1. The SMILES string of the molecule is O=C(NCC(O)CN1CCc2ccccc2C1)c1cccc(CCCN2CCOCC2)c1. The van der Waals surface area contributed by atoms with Crippen LogP contribution >= 0.6 is 0 Å². The summed E-state index contributed by atoms with van der Waals surface area (Å²) in [7, 11) is 0. The molecule has 32 heavy (non-hydrogen) atoms. The first kappa shape index (κ1) is 22.9. The number of nitrogens with one attached hydrogen (secondary N) is 1. The van der Waals surface area contributed by atoms with Crippen molar-refractivity contribution in [2.75, 3.05) is 52.5 Å². The van der Waals surface area contributed by atoms with Crippen molar-refractivity contribution in [1.29, 1.82) is 0 Å². The Morgan fingerprint density at radius 1 is 1.03 bits per heavy atom. The van der Waals surface area contributed by atoms with Gasteiger partial charge >= 0.3 is 0 Å². The number of aliphatic hydroxyl groups is 1. The van der Waals surface area contributed by atoms with E-state index in [1.165, 1.54) is 16.7 Å². The van der Waals surface area contributed by atoms with Gasteiger partial charge in [0.15, 0.2) is 0 Å². The Morgan fingerprint density at radius 2 is 1.84 bits per heavy atom. The number of β-amino-alcohol motifs (C(OH)–C–C–N with tert-alkyl or cyclic N) is 1. The summed E-state index contributed by atoms with van der Waals surface area (Å²) in [6.45, 7) is 7.35. The summed E-state index contributed by atoms with van der Waals surface area (Å²) in [6, 6.07) is 16.3. The molecule has 1 atom stereocenters. The summed E-state index contributed by atoms with van der Waals surface area (Å²) in [5, 5.41) is 13.4. The number of fused-ring (bicyclic) bond motifs is 1. The normalized spacial score (nSPS) is 18.2. The molecule has 1 fully saturated rings. The molecule has 0 aromatic heterocycles. The number of ether oxygens (including phenoxy) is 1. The van der Waals surface area contributed by atoms with Crippen molar-refractivity contribution >= 4 is 5.91 Å². The lowest BCUT2D eigenvalue weighted by atomic mass is 10.00. The molecule has 2 aromatic carbocycles. The fourth-order valence-corrected chi connectivity index (χ4v) is 4.58. The topological polar surface area (TPSA) is 65.0 Å². The van der Waals surface area contributed by atoms with E-state index in [0.29, 0.717) is 12.1 Å². The Balaban J connectivity index is 1.19. The summed E-state index contributed by atoms with van der Waals surface area (Å²) in [5.41, 5.74) is 4.57. The molecule has 0 aliphatic carbocycles. The largest absolute Gasteiger partial charge is 0.390 e. The van der Waals surface area contributed by atoms with Gasteiger partial charge in [0.1, 0.15) is 0 Å². The van der Waals surface area contributed by atoms with Gasteiger partial charge in [-0.25, -0.2) is 0 Å². The van der Waals surface area contributed by atoms with E-state index in [1.54, 1.807) is 0 Å². The molecule has 2 N–H and O–H groups in total. The van der Waals surface area contributed by atoms with Crippen molar-refractivity contribution in [3.05, 3.63) is 70.8 Å². The minimum absolute atomic E-state index is 0.122. The van der Waals surface area contributed by atoms with Gasteiger partial charge in [-0.15, -0.1) is 0 Å². The minimum atomic E-state index is -0.582. The van der Waals surface area contributed by atoms with Gasteiger partial charge < -0.3 is 15.2 Å². The lowest BCUT2D eigenvalue weighted by Gasteiger charge is -2.30. The van der Waals surface area contributed by atoms with Crippen molar-refractivity contribution < 1.29 is 14.6 Å². The van der Waals surface area contributed by atoms with Gasteiger partial charge in [0.25, 0.3) is 5.91 Å². The van der Waals surface area contributed by atoms with E-state index >= 15 is 0 Å². The number of carbonyl (C=O) groups is 1. The van der Waals surface area contributed by atoms with Crippen molar-refractivity contribution in [3.8, 4) is 0 Å². The molecule has 0 saturated carbocycles. The quantitative estimate of drug-likeness (QED) is 0.629. The second-order valence-electron chi connectivity index (χ2n) is 8.88. The number of benzene rings is 2. The van der Waals surface area contributed by atoms with Crippen LogP contribution in [-0.4, -0.2) is 79.4 Å². The Bertz CT molecular complexity index is 882. The number of rotatable bonds is 9. The molecule has 0 bridgehead atoms. The number of hydrogen-bond donors (Lipinski definition) is 2. The van der Waals surface area contributed by atoms with E-state index in [0.717, 1.165) is 65.2 Å². The second kappa shape index (κ2) is 11.6. The zero-order valence-electron chi connectivity index (χ0n) is 18.8. The molecule has 1 unspecified atom stereocenters. The van der Waals surface area contributed by atoms with Crippen LogP contribution in [0, 0.1) is 0 Å². The fraction of sp³-hybridized carbons (Fsp3) is 0.500. The molecule has 1 saturated heterocycles. The molecule has 2 aliphatic heterocycles. The van der Waals surface area contributed by atoms with Crippen LogP contribution in [0.3, 0.4) is 0 Å². The third kappa shape index (κ3) is 6.62. The highest BCUT2D eigenvalue weighted by atomic mass is 16.5. The average Bonchev–Trinajstić information content (AvgIpc) is 2.83. The zero-order chi connectivity index (χ0) is 22.2. The Kier molecular flexibility index (Phi) is 8.29. The molecule has 2 aliphatic rings. The van der Waals surface area contributed by atoms with E-state index in [4.69, 9.17) is 4.74 Å². The smallest absolute Gasteiger partial charge is 0.251 e. The third-order valence-corrected chi connectivity index (χ3v) is 6.41. The van der Waals surface area contributed by atoms with Crippen LogP contribution in [0.2, 0.25) is 0 Å². The summed E-state index contributed by atoms with van der Waals surface area (Å²) < 4.78 is 5.40. The predicted octanol–water partition coefficient (Wildman–Crippen LogP) is 2.10. The first-order chi connectivity index (χ1) is 15.7. The molecule has 172 valence electrons.